The Kier molecular flexibility index (Phi) is 6.89. The lowest BCUT2D eigenvalue weighted by Crippen LogP contribution is -2.45. The highest BCUT2D eigenvalue weighted by Crippen LogP contribution is 2.31. The number of methoxy groups -OCH3 is 1. The second-order valence-electron chi connectivity index (χ2n) is 7.84. The van der Waals surface area contributed by atoms with Crippen molar-refractivity contribution in [1.82, 2.24) is 21.3 Å². The number of fused-ring (bicyclic) bond motifs is 1. The van der Waals surface area contributed by atoms with E-state index in [0.29, 0.717) is 37.5 Å². The molecule has 0 radical (unpaired) electrons. The van der Waals surface area contributed by atoms with Crippen LogP contribution in [0.2, 0.25) is 0 Å². The SMILES string of the molecule is CCN(Cc1ccc(OCc2cccs2)c(OC)c1)C(=O)C1CCC2NNNC2C1. The van der Waals surface area contributed by atoms with Crippen LogP contribution in [0.1, 0.15) is 36.6 Å². The minimum atomic E-state index is 0.0655. The number of ether oxygens (including phenoxy) is 2. The van der Waals surface area contributed by atoms with Crippen LogP contribution in [0.15, 0.2) is 35.7 Å². The summed E-state index contributed by atoms with van der Waals surface area (Å²) in [6, 6.07) is 10.7. The maximum Gasteiger partial charge on any atom is 0.226 e. The number of benzene rings is 1. The molecule has 0 bridgehead atoms. The first-order chi connectivity index (χ1) is 14.7. The Balaban J connectivity index is 1.39. The van der Waals surface area contributed by atoms with E-state index in [9.17, 15) is 4.79 Å². The Morgan fingerprint density at radius 1 is 1.20 bits per heavy atom. The van der Waals surface area contributed by atoms with Gasteiger partial charge in [-0.05, 0) is 55.3 Å². The number of nitrogens with one attached hydrogen (secondary N) is 3. The fourth-order valence-electron chi connectivity index (χ4n) is 4.25. The molecule has 2 aliphatic rings. The van der Waals surface area contributed by atoms with Gasteiger partial charge in [-0.1, -0.05) is 12.1 Å². The van der Waals surface area contributed by atoms with Gasteiger partial charge in [0.2, 0.25) is 5.91 Å². The number of hydrogen-bond acceptors (Lipinski definition) is 7. The van der Waals surface area contributed by atoms with Gasteiger partial charge in [-0.25, -0.2) is 10.9 Å². The highest BCUT2D eigenvalue weighted by molar-refractivity contribution is 7.09. The highest BCUT2D eigenvalue weighted by Gasteiger charge is 2.37. The first-order valence-corrected chi connectivity index (χ1v) is 11.4. The lowest BCUT2D eigenvalue weighted by atomic mass is 9.82. The Hall–Kier alpha value is -2.13. The maximum absolute atomic E-state index is 13.2. The molecule has 1 aromatic carbocycles. The van der Waals surface area contributed by atoms with Crippen LogP contribution in [-0.4, -0.2) is 36.5 Å². The summed E-state index contributed by atoms with van der Waals surface area (Å²) in [4.78, 5) is 16.3. The third-order valence-corrected chi connectivity index (χ3v) is 6.81. The number of carbonyl (C=O) groups is 1. The predicted octanol–water partition coefficient (Wildman–Crippen LogP) is 2.83. The second kappa shape index (κ2) is 9.78. The molecule has 30 heavy (non-hydrogen) atoms. The molecular weight excluding hydrogens is 400 g/mol. The van der Waals surface area contributed by atoms with Gasteiger partial charge >= 0.3 is 0 Å². The topological polar surface area (TPSA) is 74.9 Å². The average molecular weight is 431 g/mol. The molecule has 3 unspecified atom stereocenters. The molecule has 162 valence electrons. The van der Waals surface area contributed by atoms with E-state index in [2.05, 4.69) is 22.5 Å². The standard InChI is InChI=1S/C22H30N4O3S/c1-3-26(22(27)16-7-8-18-19(12-16)24-25-23-18)13-15-6-9-20(21(11-15)28-2)29-14-17-5-4-10-30-17/h4-6,9-11,16,18-19,23-25H,3,7-8,12-14H2,1-2H3. The molecular formula is C22H30N4O3S. The van der Waals surface area contributed by atoms with Crippen molar-refractivity contribution in [2.75, 3.05) is 13.7 Å². The smallest absolute Gasteiger partial charge is 0.226 e. The third-order valence-electron chi connectivity index (χ3n) is 5.96. The number of nitrogens with zero attached hydrogens (tertiary/aromatic N) is 1. The van der Waals surface area contributed by atoms with Crippen molar-refractivity contribution in [2.45, 2.75) is 51.4 Å². The van der Waals surface area contributed by atoms with Crippen LogP contribution in [0.25, 0.3) is 0 Å². The van der Waals surface area contributed by atoms with E-state index < -0.39 is 0 Å². The maximum atomic E-state index is 13.2. The Bertz CT molecular complexity index is 845. The lowest BCUT2D eigenvalue weighted by Gasteiger charge is -2.33. The highest BCUT2D eigenvalue weighted by atomic mass is 32.1. The summed E-state index contributed by atoms with van der Waals surface area (Å²) in [5, 5.41) is 2.04. The number of carbonyl (C=O) groups excluding carboxylic acids is 1. The minimum absolute atomic E-state index is 0.0655. The van der Waals surface area contributed by atoms with Crippen LogP contribution in [0.5, 0.6) is 11.5 Å². The van der Waals surface area contributed by atoms with Crippen LogP contribution in [0.3, 0.4) is 0 Å². The average Bonchev–Trinajstić information content (AvgIpc) is 3.47. The van der Waals surface area contributed by atoms with Crippen molar-refractivity contribution in [3.63, 3.8) is 0 Å². The first-order valence-electron chi connectivity index (χ1n) is 10.5. The van der Waals surface area contributed by atoms with Gasteiger partial charge in [-0.2, -0.15) is 5.53 Å². The normalized spacial score (nSPS) is 23.1. The van der Waals surface area contributed by atoms with Crippen molar-refractivity contribution in [3.8, 4) is 11.5 Å². The summed E-state index contributed by atoms with van der Waals surface area (Å²) >= 11 is 1.67. The zero-order valence-corrected chi connectivity index (χ0v) is 18.3. The van der Waals surface area contributed by atoms with Gasteiger partial charge < -0.3 is 14.4 Å². The Morgan fingerprint density at radius 3 is 2.83 bits per heavy atom. The summed E-state index contributed by atoms with van der Waals surface area (Å²) in [5.41, 5.74) is 10.5. The number of rotatable bonds is 8. The number of amides is 1. The molecule has 3 N–H and O–H groups in total. The number of thiophene rings is 1. The zero-order chi connectivity index (χ0) is 20.9. The summed E-state index contributed by atoms with van der Waals surface area (Å²) in [5.74, 6) is 1.72. The molecule has 1 aliphatic heterocycles. The molecule has 1 saturated heterocycles. The largest absolute Gasteiger partial charge is 0.493 e. The number of hydrazine groups is 2. The molecule has 2 fully saturated rings. The van der Waals surface area contributed by atoms with Gasteiger partial charge in [-0.15, -0.1) is 11.3 Å². The van der Waals surface area contributed by atoms with Crippen molar-refractivity contribution < 1.29 is 14.3 Å². The molecule has 4 rings (SSSR count). The van der Waals surface area contributed by atoms with E-state index in [1.165, 1.54) is 4.88 Å². The van der Waals surface area contributed by atoms with Crippen molar-refractivity contribution in [1.29, 1.82) is 0 Å². The molecule has 2 aromatic rings. The summed E-state index contributed by atoms with van der Waals surface area (Å²) < 4.78 is 11.5. The van der Waals surface area contributed by atoms with Crippen LogP contribution in [0, 0.1) is 5.92 Å². The van der Waals surface area contributed by atoms with E-state index in [4.69, 9.17) is 9.47 Å². The molecule has 3 atom stereocenters. The third kappa shape index (κ3) is 4.78. The van der Waals surface area contributed by atoms with E-state index >= 15 is 0 Å². The summed E-state index contributed by atoms with van der Waals surface area (Å²) in [6.45, 7) is 3.82. The predicted molar refractivity (Wildman–Crippen MR) is 117 cm³/mol. The Labute approximate surface area is 181 Å². The molecule has 8 heteroatoms. The second-order valence-corrected chi connectivity index (χ2v) is 8.87. The van der Waals surface area contributed by atoms with E-state index in [1.54, 1.807) is 18.4 Å². The first kappa shape index (κ1) is 21.1. The van der Waals surface area contributed by atoms with Crippen LogP contribution in [-0.2, 0) is 17.9 Å². The summed E-state index contributed by atoms with van der Waals surface area (Å²) in [6.07, 6.45) is 2.78. The molecule has 1 saturated carbocycles. The van der Waals surface area contributed by atoms with Gasteiger partial charge in [0.15, 0.2) is 11.5 Å². The van der Waals surface area contributed by atoms with Gasteiger partial charge in [0.1, 0.15) is 6.61 Å². The van der Waals surface area contributed by atoms with Gasteiger partial charge in [-0.3, -0.25) is 4.79 Å². The molecule has 7 nitrogen and oxygen atoms in total. The van der Waals surface area contributed by atoms with Gasteiger partial charge in [0, 0.05) is 36.0 Å². The minimum Gasteiger partial charge on any atom is -0.493 e. The van der Waals surface area contributed by atoms with Crippen LogP contribution in [0.4, 0.5) is 0 Å². The molecule has 0 spiro atoms. The fraction of sp³-hybridized carbons (Fsp3) is 0.500. The zero-order valence-electron chi connectivity index (χ0n) is 17.5. The van der Waals surface area contributed by atoms with Crippen molar-refractivity contribution >= 4 is 17.2 Å². The van der Waals surface area contributed by atoms with E-state index in [0.717, 1.165) is 30.6 Å². The van der Waals surface area contributed by atoms with Crippen molar-refractivity contribution in [2.24, 2.45) is 5.92 Å². The lowest BCUT2D eigenvalue weighted by molar-refractivity contribution is -0.137. The molecule has 1 aliphatic carbocycles. The fourth-order valence-corrected chi connectivity index (χ4v) is 4.87. The molecule has 2 heterocycles. The van der Waals surface area contributed by atoms with Gasteiger partial charge in [0.05, 0.1) is 7.11 Å². The monoisotopic (exact) mass is 430 g/mol. The molecule has 1 amide bonds. The Morgan fingerprint density at radius 2 is 2.07 bits per heavy atom. The van der Waals surface area contributed by atoms with E-state index in [-0.39, 0.29) is 11.8 Å². The molecule has 1 aromatic heterocycles. The van der Waals surface area contributed by atoms with Crippen molar-refractivity contribution in [3.05, 3.63) is 46.2 Å². The van der Waals surface area contributed by atoms with Gasteiger partial charge in [0.25, 0.3) is 0 Å². The van der Waals surface area contributed by atoms with Crippen LogP contribution >= 0.6 is 11.3 Å². The van der Waals surface area contributed by atoms with Crippen LogP contribution < -0.4 is 25.9 Å². The summed E-state index contributed by atoms with van der Waals surface area (Å²) in [7, 11) is 1.65. The van der Waals surface area contributed by atoms with E-state index in [1.807, 2.05) is 41.5 Å². The quantitative estimate of drug-likeness (QED) is 0.598. The number of hydrogen-bond donors (Lipinski definition) is 3.